The molecule has 4 heteroatoms. The van der Waals surface area contributed by atoms with Crippen LogP contribution in [0.1, 0.15) is 29.0 Å². The van der Waals surface area contributed by atoms with Gasteiger partial charge in [-0.25, -0.2) is 0 Å². The van der Waals surface area contributed by atoms with E-state index in [0.29, 0.717) is 12.3 Å². The van der Waals surface area contributed by atoms with E-state index in [0.717, 1.165) is 25.0 Å². The van der Waals surface area contributed by atoms with E-state index >= 15 is 0 Å². The summed E-state index contributed by atoms with van der Waals surface area (Å²) in [6, 6.07) is 1.78. The van der Waals surface area contributed by atoms with Crippen LogP contribution in [0.25, 0.3) is 0 Å². The van der Waals surface area contributed by atoms with Crippen molar-refractivity contribution < 1.29 is 13.9 Å². The van der Waals surface area contributed by atoms with Crippen LogP contribution in [0.3, 0.4) is 0 Å². The molecule has 2 rings (SSSR count). The van der Waals surface area contributed by atoms with E-state index in [9.17, 15) is 4.79 Å². The third-order valence-electron chi connectivity index (χ3n) is 2.58. The van der Waals surface area contributed by atoms with Crippen molar-refractivity contribution in [3.05, 3.63) is 23.7 Å². The van der Waals surface area contributed by atoms with E-state index in [4.69, 9.17) is 9.15 Å². The first-order chi connectivity index (χ1) is 7.27. The maximum absolute atomic E-state index is 11.6. The predicted molar refractivity (Wildman–Crippen MR) is 54.8 cm³/mol. The van der Waals surface area contributed by atoms with Gasteiger partial charge in [-0.2, -0.15) is 0 Å². The van der Waals surface area contributed by atoms with Crippen molar-refractivity contribution in [3.8, 4) is 0 Å². The van der Waals surface area contributed by atoms with Crippen LogP contribution in [0, 0.1) is 6.92 Å². The van der Waals surface area contributed by atoms with E-state index in [1.54, 1.807) is 6.07 Å². The fourth-order valence-corrected chi connectivity index (χ4v) is 1.70. The molecule has 82 valence electrons. The summed E-state index contributed by atoms with van der Waals surface area (Å²) in [5, 5.41) is 2.81. The van der Waals surface area contributed by atoms with Crippen molar-refractivity contribution >= 4 is 5.91 Å². The molecular formula is C11H15NO3. The molecule has 1 fully saturated rings. The number of ether oxygens (including phenoxy) is 1. The molecule has 1 atom stereocenters. The molecule has 0 aliphatic carbocycles. The van der Waals surface area contributed by atoms with Crippen LogP contribution in [0.2, 0.25) is 0 Å². The third kappa shape index (κ3) is 2.39. The summed E-state index contributed by atoms with van der Waals surface area (Å²) >= 11 is 0. The zero-order valence-electron chi connectivity index (χ0n) is 8.79. The summed E-state index contributed by atoms with van der Waals surface area (Å²) < 4.78 is 10.5. The molecule has 15 heavy (non-hydrogen) atoms. The summed E-state index contributed by atoms with van der Waals surface area (Å²) in [4.78, 5) is 11.6. The average Bonchev–Trinajstić information content (AvgIpc) is 2.84. The van der Waals surface area contributed by atoms with Gasteiger partial charge in [-0.3, -0.25) is 4.79 Å². The minimum atomic E-state index is -0.159. The highest BCUT2D eigenvalue weighted by atomic mass is 16.5. The molecule has 4 nitrogen and oxygen atoms in total. The molecule has 2 heterocycles. The Labute approximate surface area is 88.6 Å². The Bertz CT molecular complexity index is 339. The Morgan fingerprint density at radius 2 is 2.53 bits per heavy atom. The molecule has 1 aliphatic heterocycles. The maximum atomic E-state index is 11.6. The topological polar surface area (TPSA) is 51.5 Å². The fourth-order valence-electron chi connectivity index (χ4n) is 1.70. The second-order valence-corrected chi connectivity index (χ2v) is 3.78. The molecule has 1 unspecified atom stereocenters. The lowest BCUT2D eigenvalue weighted by Crippen LogP contribution is -2.31. The molecule has 1 aromatic heterocycles. The Kier molecular flexibility index (Phi) is 3.06. The normalized spacial score (nSPS) is 20.5. The largest absolute Gasteiger partial charge is 0.459 e. The molecule has 1 N–H and O–H groups in total. The third-order valence-corrected chi connectivity index (χ3v) is 2.58. The Morgan fingerprint density at radius 3 is 3.13 bits per heavy atom. The minimum absolute atomic E-state index is 0.159. The van der Waals surface area contributed by atoms with Crippen LogP contribution >= 0.6 is 0 Å². The van der Waals surface area contributed by atoms with E-state index in [-0.39, 0.29) is 12.0 Å². The van der Waals surface area contributed by atoms with Gasteiger partial charge in [0, 0.05) is 18.7 Å². The number of carbonyl (C=O) groups is 1. The van der Waals surface area contributed by atoms with E-state index in [1.165, 1.54) is 6.26 Å². The molecule has 0 radical (unpaired) electrons. The molecule has 1 aromatic rings. The first-order valence-electron chi connectivity index (χ1n) is 5.21. The van der Waals surface area contributed by atoms with Gasteiger partial charge >= 0.3 is 0 Å². The zero-order valence-corrected chi connectivity index (χ0v) is 8.79. The number of furan rings is 1. The van der Waals surface area contributed by atoms with E-state index in [2.05, 4.69) is 5.32 Å². The minimum Gasteiger partial charge on any atom is -0.459 e. The van der Waals surface area contributed by atoms with E-state index < -0.39 is 0 Å². The van der Waals surface area contributed by atoms with Gasteiger partial charge in [0.2, 0.25) is 0 Å². The highest BCUT2D eigenvalue weighted by molar-refractivity contribution is 5.92. The van der Waals surface area contributed by atoms with Crippen molar-refractivity contribution in [1.82, 2.24) is 5.32 Å². The van der Waals surface area contributed by atoms with Crippen LogP contribution in [0.5, 0.6) is 0 Å². The van der Waals surface area contributed by atoms with Crippen LogP contribution in [-0.4, -0.2) is 25.2 Å². The second-order valence-electron chi connectivity index (χ2n) is 3.78. The Hall–Kier alpha value is -1.29. The second kappa shape index (κ2) is 4.49. The summed E-state index contributed by atoms with van der Waals surface area (Å²) in [5.41, 5.74) is 0.861. The van der Waals surface area contributed by atoms with Crippen molar-refractivity contribution in [2.45, 2.75) is 25.9 Å². The number of hydrogen-bond acceptors (Lipinski definition) is 3. The van der Waals surface area contributed by atoms with Gasteiger partial charge in [-0.15, -0.1) is 0 Å². The van der Waals surface area contributed by atoms with Gasteiger partial charge in [-0.1, -0.05) is 0 Å². The SMILES string of the molecule is Cc1ccoc1C(=O)NCC1CCCO1. The van der Waals surface area contributed by atoms with Gasteiger partial charge in [0.15, 0.2) is 5.76 Å². The first kappa shape index (κ1) is 10.2. The monoisotopic (exact) mass is 209 g/mol. The lowest BCUT2D eigenvalue weighted by atomic mass is 10.2. The highest BCUT2D eigenvalue weighted by Crippen LogP contribution is 2.12. The summed E-state index contributed by atoms with van der Waals surface area (Å²) in [6.45, 7) is 3.23. The number of hydrogen-bond donors (Lipinski definition) is 1. The smallest absolute Gasteiger partial charge is 0.287 e. The van der Waals surface area contributed by atoms with Crippen molar-refractivity contribution in [3.63, 3.8) is 0 Å². The van der Waals surface area contributed by atoms with Gasteiger partial charge < -0.3 is 14.5 Å². The van der Waals surface area contributed by atoms with Gasteiger partial charge in [-0.05, 0) is 25.8 Å². The summed E-state index contributed by atoms with van der Waals surface area (Å²) in [7, 11) is 0. The molecule has 1 amide bonds. The Morgan fingerprint density at radius 1 is 1.67 bits per heavy atom. The number of aryl methyl sites for hydroxylation is 1. The highest BCUT2D eigenvalue weighted by Gasteiger charge is 2.18. The number of carbonyl (C=O) groups excluding carboxylic acids is 1. The Balaban J connectivity index is 1.84. The molecule has 0 bridgehead atoms. The van der Waals surface area contributed by atoms with Crippen molar-refractivity contribution in [1.29, 1.82) is 0 Å². The van der Waals surface area contributed by atoms with E-state index in [1.807, 2.05) is 6.92 Å². The standard InChI is InChI=1S/C11H15NO3/c1-8-4-6-15-10(8)11(13)12-7-9-3-2-5-14-9/h4,6,9H,2-3,5,7H2,1H3,(H,12,13). The van der Waals surface area contributed by atoms with Crippen molar-refractivity contribution in [2.24, 2.45) is 0 Å². The fraction of sp³-hybridized carbons (Fsp3) is 0.545. The van der Waals surface area contributed by atoms with Gasteiger partial charge in [0.05, 0.1) is 12.4 Å². The molecule has 1 aliphatic rings. The first-order valence-corrected chi connectivity index (χ1v) is 5.21. The molecule has 0 saturated carbocycles. The maximum Gasteiger partial charge on any atom is 0.287 e. The summed E-state index contributed by atoms with van der Waals surface area (Å²) in [6.07, 6.45) is 3.80. The lowest BCUT2D eigenvalue weighted by Gasteiger charge is -2.09. The quantitative estimate of drug-likeness (QED) is 0.820. The lowest BCUT2D eigenvalue weighted by molar-refractivity contribution is 0.0834. The van der Waals surface area contributed by atoms with Crippen LogP contribution in [-0.2, 0) is 4.74 Å². The molecule has 0 aromatic carbocycles. The molecule has 1 saturated heterocycles. The van der Waals surface area contributed by atoms with Crippen LogP contribution in [0.4, 0.5) is 0 Å². The zero-order chi connectivity index (χ0) is 10.7. The molecular weight excluding hydrogens is 194 g/mol. The van der Waals surface area contributed by atoms with Gasteiger partial charge in [0.1, 0.15) is 0 Å². The van der Waals surface area contributed by atoms with Crippen LogP contribution < -0.4 is 5.32 Å². The predicted octanol–water partition coefficient (Wildman–Crippen LogP) is 1.50. The van der Waals surface area contributed by atoms with Crippen molar-refractivity contribution in [2.75, 3.05) is 13.2 Å². The number of rotatable bonds is 3. The van der Waals surface area contributed by atoms with Gasteiger partial charge in [0.25, 0.3) is 5.91 Å². The summed E-state index contributed by atoms with van der Waals surface area (Å²) in [5.74, 6) is 0.237. The average molecular weight is 209 g/mol. The molecule has 0 spiro atoms. The number of nitrogens with one attached hydrogen (secondary N) is 1. The number of amides is 1. The van der Waals surface area contributed by atoms with Crippen LogP contribution in [0.15, 0.2) is 16.7 Å².